The van der Waals surface area contributed by atoms with E-state index in [2.05, 4.69) is 10.0 Å². The van der Waals surface area contributed by atoms with Gasteiger partial charge in [0.05, 0.1) is 17.1 Å². The molecular formula is C26H28N2O5S. The Morgan fingerprint density at radius 3 is 2.18 bits per heavy atom. The lowest BCUT2D eigenvalue weighted by molar-refractivity contribution is -0.116. The molecule has 1 atom stereocenters. The van der Waals surface area contributed by atoms with Crippen LogP contribution < -0.4 is 10.0 Å². The number of ether oxygens (including phenoxy) is 1. The normalized spacial score (nSPS) is 12.1. The van der Waals surface area contributed by atoms with Gasteiger partial charge >= 0.3 is 5.97 Å². The maximum atomic E-state index is 12.7. The van der Waals surface area contributed by atoms with E-state index in [1.54, 1.807) is 62.4 Å². The molecule has 0 spiro atoms. The molecule has 34 heavy (non-hydrogen) atoms. The van der Waals surface area contributed by atoms with Gasteiger partial charge in [-0.05, 0) is 67.8 Å². The maximum Gasteiger partial charge on any atom is 0.338 e. The molecule has 7 nitrogen and oxygen atoms in total. The third-order valence-corrected chi connectivity index (χ3v) is 6.74. The summed E-state index contributed by atoms with van der Waals surface area (Å²) in [6.07, 6.45) is 0.690. The van der Waals surface area contributed by atoms with E-state index in [9.17, 15) is 18.0 Å². The zero-order valence-corrected chi connectivity index (χ0v) is 20.0. The summed E-state index contributed by atoms with van der Waals surface area (Å²) in [6, 6.07) is 22.0. The van der Waals surface area contributed by atoms with Crippen LogP contribution in [-0.2, 0) is 26.0 Å². The van der Waals surface area contributed by atoms with Gasteiger partial charge < -0.3 is 10.1 Å². The monoisotopic (exact) mass is 480 g/mol. The molecule has 0 aliphatic carbocycles. The van der Waals surface area contributed by atoms with Crippen LogP contribution in [0.25, 0.3) is 0 Å². The van der Waals surface area contributed by atoms with Crippen molar-refractivity contribution in [2.75, 3.05) is 11.9 Å². The number of carbonyl (C=O) groups is 2. The molecule has 0 saturated carbocycles. The molecule has 178 valence electrons. The minimum Gasteiger partial charge on any atom is -0.462 e. The van der Waals surface area contributed by atoms with Crippen molar-refractivity contribution in [1.82, 2.24) is 4.72 Å². The topological polar surface area (TPSA) is 102 Å². The van der Waals surface area contributed by atoms with Crippen LogP contribution in [0, 0.1) is 0 Å². The number of anilines is 1. The summed E-state index contributed by atoms with van der Waals surface area (Å²) in [6.45, 7) is 3.83. The molecule has 8 heteroatoms. The smallest absolute Gasteiger partial charge is 0.338 e. The van der Waals surface area contributed by atoms with Crippen LogP contribution in [0.5, 0.6) is 0 Å². The number of carbonyl (C=O) groups excluding carboxylic acids is 2. The number of rotatable bonds is 10. The number of amides is 1. The molecule has 0 heterocycles. The van der Waals surface area contributed by atoms with Crippen molar-refractivity contribution in [1.29, 1.82) is 0 Å². The van der Waals surface area contributed by atoms with Crippen molar-refractivity contribution in [3.05, 3.63) is 95.6 Å². The number of hydrogen-bond acceptors (Lipinski definition) is 5. The molecule has 0 aliphatic heterocycles. The highest BCUT2D eigenvalue weighted by atomic mass is 32.2. The van der Waals surface area contributed by atoms with Crippen LogP contribution in [-0.4, -0.2) is 26.9 Å². The SMILES string of the molecule is CCOC(=O)c1ccc(NC(=O)CCc2ccc(S(=O)(=O)N[C@H](C)c3ccccc3)cc2)cc1. The fourth-order valence-corrected chi connectivity index (χ4v) is 4.56. The van der Waals surface area contributed by atoms with Crippen LogP contribution in [0.15, 0.2) is 83.8 Å². The third-order valence-electron chi connectivity index (χ3n) is 5.19. The Balaban J connectivity index is 1.52. The number of esters is 1. The first-order chi connectivity index (χ1) is 16.3. The summed E-state index contributed by atoms with van der Waals surface area (Å²) < 4.78 is 33.0. The minimum absolute atomic E-state index is 0.171. The molecule has 0 fully saturated rings. The zero-order valence-electron chi connectivity index (χ0n) is 19.2. The molecule has 1 amide bonds. The van der Waals surface area contributed by atoms with Crippen molar-refractivity contribution in [3.63, 3.8) is 0 Å². The standard InChI is InChI=1S/C26H28N2O5S/c1-3-33-26(30)22-12-14-23(15-13-22)27-25(29)18-11-20-9-16-24(17-10-20)34(31,32)28-19(2)21-7-5-4-6-8-21/h4-10,12-17,19,28H,3,11,18H2,1-2H3,(H,27,29)/t19-/m1/s1. The van der Waals surface area contributed by atoms with Gasteiger partial charge in [0, 0.05) is 18.2 Å². The highest BCUT2D eigenvalue weighted by molar-refractivity contribution is 7.89. The average molecular weight is 481 g/mol. The average Bonchev–Trinajstić information content (AvgIpc) is 2.84. The molecule has 0 radical (unpaired) electrons. The van der Waals surface area contributed by atoms with Crippen LogP contribution in [0.3, 0.4) is 0 Å². The van der Waals surface area contributed by atoms with E-state index < -0.39 is 16.0 Å². The first kappa shape index (κ1) is 25.1. The number of benzene rings is 3. The fourth-order valence-electron chi connectivity index (χ4n) is 3.33. The lowest BCUT2D eigenvalue weighted by Crippen LogP contribution is -2.26. The summed E-state index contributed by atoms with van der Waals surface area (Å²) in [7, 11) is -3.67. The quantitative estimate of drug-likeness (QED) is 0.417. The lowest BCUT2D eigenvalue weighted by Gasteiger charge is -2.15. The van der Waals surface area contributed by atoms with E-state index >= 15 is 0 Å². The van der Waals surface area contributed by atoms with Crippen molar-refractivity contribution in [3.8, 4) is 0 Å². The van der Waals surface area contributed by atoms with Crippen LogP contribution in [0.2, 0.25) is 0 Å². The number of hydrogen-bond donors (Lipinski definition) is 2. The Kier molecular flexibility index (Phi) is 8.56. The first-order valence-electron chi connectivity index (χ1n) is 11.0. The second-order valence-electron chi connectivity index (χ2n) is 7.74. The predicted molar refractivity (Wildman–Crippen MR) is 131 cm³/mol. The predicted octanol–water partition coefficient (Wildman–Crippen LogP) is 4.47. The Morgan fingerprint density at radius 1 is 0.912 bits per heavy atom. The molecule has 3 aromatic rings. The van der Waals surface area contributed by atoms with Crippen molar-refractivity contribution in [2.24, 2.45) is 0 Å². The van der Waals surface area contributed by atoms with Gasteiger partial charge in [-0.15, -0.1) is 0 Å². The van der Waals surface area contributed by atoms with E-state index in [0.29, 0.717) is 24.3 Å². The fraction of sp³-hybridized carbons (Fsp3) is 0.231. The Morgan fingerprint density at radius 2 is 1.56 bits per heavy atom. The molecule has 3 rings (SSSR count). The van der Waals surface area contributed by atoms with Gasteiger partial charge in [0.25, 0.3) is 0 Å². The summed E-state index contributed by atoms with van der Waals surface area (Å²) >= 11 is 0. The van der Waals surface area contributed by atoms with E-state index in [4.69, 9.17) is 4.74 Å². The molecular weight excluding hydrogens is 452 g/mol. The zero-order chi connectivity index (χ0) is 24.6. The second kappa shape index (κ2) is 11.6. The largest absolute Gasteiger partial charge is 0.462 e. The number of sulfonamides is 1. The minimum atomic E-state index is -3.67. The van der Waals surface area contributed by atoms with Crippen molar-refractivity contribution in [2.45, 2.75) is 37.6 Å². The van der Waals surface area contributed by atoms with Crippen LogP contribution in [0.4, 0.5) is 5.69 Å². The van der Waals surface area contributed by atoms with E-state index in [-0.39, 0.29) is 23.3 Å². The van der Waals surface area contributed by atoms with Gasteiger partial charge in [0.15, 0.2) is 0 Å². The van der Waals surface area contributed by atoms with Gasteiger partial charge in [-0.1, -0.05) is 42.5 Å². The maximum absolute atomic E-state index is 12.7. The van der Waals surface area contributed by atoms with Crippen LogP contribution >= 0.6 is 0 Å². The highest BCUT2D eigenvalue weighted by Gasteiger charge is 2.18. The Bertz CT molecular complexity index is 1210. The highest BCUT2D eigenvalue weighted by Crippen LogP contribution is 2.18. The summed E-state index contributed by atoms with van der Waals surface area (Å²) in [4.78, 5) is 24.1. The summed E-state index contributed by atoms with van der Waals surface area (Å²) in [5.41, 5.74) is 2.73. The van der Waals surface area contributed by atoms with Gasteiger partial charge in [-0.2, -0.15) is 0 Å². The second-order valence-corrected chi connectivity index (χ2v) is 9.46. The first-order valence-corrected chi connectivity index (χ1v) is 12.5. The number of aryl methyl sites for hydroxylation is 1. The van der Waals surface area contributed by atoms with E-state index in [1.165, 1.54) is 0 Å². The Hall–Kier alpha value is -3.49. The molecule has 0 aromatic heterocycles. The van der Waals surface area contributed by atoms with Gasteiger partial charge in [-0.25, -0.2) is 17.9 Å². The molecule has 2 N–H and O–H groups in total. The number of nitrogens with one attached hydrogen (secondary N) is 2. The summed E-state index contributed by atoms with van der Waals surface area (Å²) in [5.74, 6) is -0.588. The Labute approximate surface area is 200 Å². The molecule has 0 aliphatic rings. The van der Waals surface area contributed by atoms with Crippen molar-refractivity contribution >= 4 is 27.6 Å². The van der Waals surface area contributed by atoms with Gasteiger partial charge in [0.1, 0.15) is 0 Å². The molecule has 0 saturated heterocycles. The lowest BCUT2D eigenvalue weighted by atomic mass is 10.1. The van der Waals surface area contributed by atoms with Crippen LogP contribution in [0.1, 0.15) is 47.8 Å². The van der Waals surface area contributed by atoms with Crippen molar-refractivity contribution < 1.29 is 22.7 Å². The van der Waals surface area contributed by atoms with Gasteiger partial charge in [0.2, 0.25) is 15.9 Å². The van der Waals surface area contributed by atoms with Gasteiger partial charge in [-0.3, -0.25) is 4.79 Å². The van der Waals surface area contributed by atoms with E-state index in [1.807, 2.05) is 30.3 Å². The van der Waals surface area contributed by atoms with E-state index in [0.717, 1.165) is 11.1 Å². The summed E-state index contributed by atoms with van der Waals surface area (Å²) in [5, 5.41) is 2.79. The molecule has 3 aromatic carbocycles. The molecule has 0 bridgehead atoms. The molecule has 0 unspecified atom stereocenters. The third kappa shape index (κ3) is 7.00.